The topological polar surface area (TPSA) is 47.8 Å². The molecular formula is C16H14FN3O. The van der Waals surface area contributed by atoms with Crippen molar-refractivity contribution in [1.82, 2.24) is 14.8 Å². The summed E-state index contributed by atoms with van der Waals surface area (Å²) in [6, 6.07) is 10.4. The largest absolute Gasteiger partial charge is 0.292 e. The summed E-state index contributed by atoms with van der Waals surface area (Å²) in [6.07, 6.45) is 1.21. The van der Waals surface area contributed by atoms with Gasteiger partial charge < -0.3 is 0 Å². The summed E-state index contributed by atoms with van der Waals surface area (Å²) in [5.74, 6) is -0.617. The number of aryl methyl sites for hydroxylation is 1. The fourth-order valence-electron chi connectivity index (χ4n) is 2.35. The van der Waals surface area contributed by atoms with E-state index < -0.39 is 5.82 Å². The van der Waals surface area contributed by atoms with Gasteiger partial charge in [-0.25, -0.2) is 4.39 Å². The zero-order valence-corrected chi connectivity index (χ0v) is 11.6. The minimum absolute atomic E-state index is 0.159. The van der Waals surface area contributed by atoms with Gasteiger partial charge in [0.25, 0.3) is 0 Å². The summed E-state index contributed by atoms with van der Waals surface area (Å²) in [5.41, 5.74) is 1.99. The molecule has 4 nitrogen and oxygen atoms in total. The molecule has 0 N–H and O–H groups in total. The SMILES string of the molecule is CCn1nc(CC(=O)c2ccc(F)cn2)c2ccccc21. The van der Waals surface area contributed by atoms with Gasteiger partial charge in [-0.2, -0.15) is 5.10 Å². The number of hydrogen-bond acceptors (Lipinski definition) is 3. The normalized spacial score (nSPS) is 11.0. The molecule has 0 fully saturated rings. The van der Waals surface area contributed by atoms with Gasteiger partial charge in [-0.1, -0.05) is 18.2 Å². The number of hydrogen-bond donors (Lipinski definition) is 0. The Kier molecular flexibility index (Phi) is 3.48. The van der Waals surface area contributed by atoms with Gasteiger partial charge in [0.1, 0.15) is 11.5 Å². The smallest absolute Gasteiger partial charge is 0.187 e. The molecule has 0 aliphatic rings. The van der Waals surface area contributed by atoms with E-state index in [1.165, 1.54) is 12.1 Å². The fourth-order valence-corrected chi connectivity index (χ4v) is 2.35. The third kappa shape index (κ3) is 2.54. The van der Waals surface area contributed by atoms with Crippen LogP contribution in [0.4, 0.5) is 4.39 Å². The van der Waals surface area contributed by atoms with Gasteiger partial charge >= 0.3 is 0 Å². The predicted molar refractivity (Wildman–Crippen MR) is 77.6 cm³/mol. The van der Waals surface area contributed by atoms with Crippen LogP contribution >= 0.6 is 0 Å². The number of benzene rings is 1. The predicted octanol–water partition coefficient (Wildman–Crippen LogP) is 3.02. The van der Waals surface area contributed by atoms with E-state index in [1.54, 1.807) is 0 Å². The summed E-state index contributed by atoms with van der Waals surface area (Å²) in [4.78, 5) is 16.1. The van der Waals surface area contributed by atoms with E-state index in [4.69, 9.17) is 0 Å². The van der Waals surface area contributed by atoms with Crippen molar-refractivity contribution in [3.8, 4) is 0 Å². The Bertz CT molecular complexity index is 793. The molecule has 0 bridgehead atoms. The van der Waals surface area contributed by atoms with Crippen molar-refractivity contribution in [1.29, 1.82) is 0 Å². The first kappa shape index (κ1) is 13.4. The summed E-state index contributed by atoms with van der Waals surface area (Å²) in [6.45, 7) is 2.75. The molecule has 0 spiro atoms. The van der Waals surface area contributed by atoms with Crippen molar-refractivity contribution in [3.05, 3.63) is 59.8 Å². The number of pyridine rings is 1. The zero-order chi connectivity index (χ0) is 14.8. The number of halogens is 1. The summed E-state index contributed by atoms with van der Waals surface area (Å²) in [5, 5.41) is 5.45. The third-order valence-corrected chi connectivity index (χ3v) is 3.38. The number of ketones is 1. The fraction of sp³-hybridized carbons (Fsp3) is 0.188. The maximum absolute atomic E-state index is 12.8. The first-order valence-corrected chi connectivity index (χ1v) is 6.78. The maximum atomic E-state index is 12.8. The van der Waals surface area contributed by atoms with Crippen LogP contribution in [-0.4, -0.2) is 20.5 Å². The Balaban J connectivity index is 1.94. The first-order valence-electron chi connectivity index (χ1n) is 6.78. The minimum atomic E-state index is -0.452. The molecular weight excluding hydrogens is 269 g/mol. The second-order valence-electron chi connectivity index (χ2n) is 4.74. The zero-order valence-electron chi connectivity index (χ0n) is 11.6. The standard InChI is InChI=1S/C16H14FN3O/c1-2-20-15-6-4-3-5-12(15)14(19-20)9-16(21)13-8-7-11(17)10-18-13/h3-8,10H,2,9H2,1H3. The van der Waals surface area contributed by atoms with E-state index in [0.717, 1.165) is 29.3 Å². The Morgan fingerprint density at radius 3 is 2.76 bits per heavy atom. The number of rotatable bonds is 4. The highest BCUT2D eigenvalue weighted by Gasteiger charge is 2.15. The molecule has 2 aromatic heterocycles. The summed E-state index contributed by atoms with van der Waals surface area (Å²) < 4.78 is 14.7. The van der Waals surface area contributed by atoms with Gasteiger partial charge in [-0.3, -0.25) is 14.5 Å². The van der Waals surface area contributed by atoms with Crippen molar-refractivity contribution in [2.45, 2.75) is 19.9 Å². The molecule has 5 heteroatoms. The van der Waals surface area contributed by atoms with Gasteiger partial charge in [0.15, 0.2) is 5.78 Å². The van der Waals surface area contributed by atoms with Gasteiger partial charge in [0.05, 0.1) is 23.8 Å². The van der Waals surface area contributed by atoms with Gasteiger partial charge in [0.2, 0.25) is 0 Å². The monoisotopic (exact) mass is 283 g/mol. The van der Waals surface area contributed by atoms with E-state index in [1.807, 2.05) is 35.9 Å². The molecule has 0 saturated carbocycles. The molecule has 0 amide bonds. The van der Waals surface area contributed by atoms with Crippen molar-refractivity contribution in [3.63, 3.8) is 0 Å². The van der Waals surface area contributed by atoms with E-state index in [0.29, 0.717) is 0 Å². The van der Waals surface area contributed by atoms with Crippen LogP contribution in [0.5, 0.6) is 0 Å². The number of para-hydroxylation sites is 1. The van der Waals surface area contributed by atoms with E-state index in [-0.39, 0.29) is 17.9 Å². The van der Waals surface area contributed by atoms with Crippen molar-refractivity contribution >= 4 is 16.7 Å². The lowest BCUT2D eigenvalue weighted by molar-refractivity contribution is 0.0987. The molecule has 106 valence electrons. The Morgan fingerprint density at radius 2 is 2.05 bits per heavy atom. The lowest BCUT2D eigenvalue weighted by Crippen LogP contribution is -2.07. The van der Waals surface area contributed by atoms with Gasteiger partial charge in [-0.05, 0) is 25.1 Å². The average Bonchev–Trinajstić information content (AvgIpc) is 2.86. The van der Waals surface area contributed by atoms with Crippen LogP contribution in [0, 0.1) is 5.82 Å². The van der Waals surface area contributed by atoms with E-state index >= 15 is 0 Å². The molecule has 21 heavy (non-hydrogen) atoms. The van der Waals surface area contributed by atoms with Crippen molar-refractivity contribution in [2.24, 2.45) is 0 Å². The van der Waals surface area contributed by atoms with Crippen LogP contribution < -0.4 is 0 Å². The van der Waals surface area contributed by atoms with Crippen molar-refractivity contribution < 1.29 is 9.18 Å². The number of fused-ring (bicyclic) bond motifs is 1. The minimum Gasteiger partial charge on any atom is -0.292 e. The Hall–Kier alpha value is -2.56. The molecule has 2 heterocycles. The Morgan fingerprint density at radius 1 is 1.24 bits per heavy atom. The van der Waals surface area contributed by atoms with Crippen LogP contribution in [-0.2, 0) is 13.0 Å². The molecule has 0 unspecified atom stereocenters. The highest BCUT2D eigenvalue weighted by molar-refractivity contribution is 5.97. The summed E-state index contributed by atoms with van der Waals surface area (Å²) >= 11 is 0. The second kappa shape index (κ2) is 5.44. The molecule has 1 aromatic carbocycles. The van der Waals surface area contributed by atoms with Gasteiger partial charge in [-0.15, -0.1) is 0 Å². The second-order valence-corrected chi connectivity index (χ2v) is 4.74. The molecule has 0 aliphatic carbocycles. The number of Topliss-reactive ketones (excluding diaryl/α,β-unsaturated/α-hetero) is 1. The third-order valence-electron chi connectivity index (χ3n) is 3.38. The molecule has 3 rings (SSSR count). The lowest BCUT2D eigenvalue weighted by atomic mass is 10.1. The molecule has 0 saturated heterocycles. The number of aromatic nitrogens is 3. The van der Waals surface area contributed by atoms with Gasteiger partial charge in [0, 0.05) is 11.9 Å². The van der Waals surface area contributed by atoms with Crippen LogP contribution in [0.3, 0.4) is 0 Å². The summed E-state index contributed by atoms with van der Waals surface area (Å²) in [7, 11) is 0. The maximum Gasteiger partial charge on any atom is 0.187 e. The average molecular weight is 283 g/mol. The van der Waals surface area contributed by atoms with Crippen LogP contribution in [0.1, 0.15) is 23.1 Å². The lowest BCUT2D eigenvalue weighted by Gasteiger charge is -1.98. The quantitative estimate of drug-likeness (QED) is 0.691. The van der Waals surface area contributed by atoms with E-state index in [2.05, 4.69) is 10.1 Å². The number of nitrogens with zero attached hydrogens (tertiary/aromatic N) is 3. The number of carbonyl (C=O) groups excluding carboxylic acids is 1. The molecule has 0 radical (unpaired) electrons. The molecule has 0 aliphatic heterocycles. The van der Waals surface area contributed by atoms with Crippen molar-refractivity contribution in [2.75, 3.05) is 0 Å². The van der Waals surface area contributed by atoms with Crippen LogP contribution in [0.2, 0.25) is 0 Å². The Labute approximate surface area is 121 Å². The van der Waals surface area contributed by atoms with Crippen LogP contribution in [0.25, 0.3) is 10.9 Å². The van der Waals surface area contributed by atoms with E-state index in [9.17, 15) is 9.18 Å². The highest BCUT2D eigenvalue weighted by Crippen LogP contribution is 2.19. The molecule has 0 atom stereocenters. The number of carbonyl (C=O) groups is 1. The molecule has 3 aromatic rings. The van der Waals surface area contributed by atoms with Crippen LogP contribution in [0.15, 0.2) is 42.6 Å². The highest BCUT2D eigenvalue weighted by atomic mass is 19.1. The first-order chi connectivity index (χ1) is 10.2.